The molecular weight excluding hydrogens is 390 g/mol. The molecule has 2 aromatic heterocycles. The van der Waals surface area contributed by atoms with Crippen molar-refractivity contribution in [2.75, 3.05) is 43.4 Å². The fourth-order valence-electron chi connectivity index (χ4n) is 3.27. The standard InChI is InChI=1S/C20H25N5O3S/c1-13-17(5-4-16(22-13)20(28)21-3)25-8-6-24(7-9-25)11-15-10-18(29-12-15)23-19(27)14(2)26/h4-5,10,12H,6-9,11H2,1-3H3,(H,21,28)(H,23,27). The van der Waals surface area contributed by atoms with Gasteiger partial charge in [0.25, 0.3) is 11.8 Å². The van der Waals surface area contributed by atoms with Gasteiger partial charge < -0.3 is 15.5 Å². The zero-order valence-corrected chi connectivity index (χ0v) is 17.6. The normalized spacial score (nSPS) is 14.5. The van der Waals surface area contributed by atoms with Gasteiger partial charge in [0.1, 0.15) is 5.69 Å². The van der Waals surface area contributed by atoms with E-state index in [4.69, 9.17) is 0 Å². The number of Topliss-reactive ketones (excluding diaryl/α,β-unsaturated/α-hetero) is 1. The number of aryl methyl sites for hydroxylation is 1. The van der Waals surface area contributed by atoms with E-state index in [0.29, 0.717) is 10.7 Å². The summed E-state index contributed by atoms with van der Waals surface area (Å²) in [5, 5.41) is 7.91. The molecule has 1 aliphatic heterocycles. The van der Waals surface area contributed by atoms with Crippen molar-refractivity contribution in [3.05, 3.63) is 40.5 Å². The minimum Gasteiger partial charge on any atom is -0.368 e. The topological polar surface area (TPSA) is 94.6 Å². The number of nitrogens with one attached hydrogen (secondary N) is 2. The minimum absolute atomic E-state index is 0.181. The van der Waals surface area contributed by atoms with Crippen molar-refractivity contribution >= 4 is 39.6 Å². The summed E-state index contributed by atoms with van der Waals surface area (Å²) in [7, 11) is 1.60. The van der Waals surface area contributed by atoms with Crippen LogP contribution in [-0.4, -0.2) is 60.7 Å². The van der Waals surface area contributed by atoms with Gasteiger partial charge in [0.05, 0.1) is 16.4 Å². The van der Waals surface area contributed by atoms with Gasteiger partial charge in [0.2, 0.25) is 5.78 Å². The highest BCUT2D eigenvalue weighted by Gasteiger charge is 2.20. The fourth-order valence-corrected chi connectivity index (χ4v) is 4.06. The molecule has 8 nitrogen and oxygen atoms in total. The summed E-state index contributed by atoms with van der Waals surface area (Å²) < 4.78 is 0. The van der Waals surface area contributed by atoms with Crippen LogP contribution < -0.4 is 15.5 Å². The first-order chi connectivity index (χ1) is 13.9. The van der Waals surface area contributed by atoms with Crippen LogP contribution in [0.1, 0.15) is 28.7 Å². The van der Waals surface area contributed by atoms with Crippen LogP contribution in [0.15, 0.2) is 23.6 Å². The van der Waals surface area contributed by atoms with Gasteiger partial charge in [0, 0.05) is 46.7 Å². The number of pyridine rings is 1. The quantitative estimate of drug-likeness (QED) is 0.697. The Balaban J connectivity index is 1.55. The van der Waals surface area contributed by atoms with Gasteiger partial charge in [-0.15, -0.1) is 11.3 Å². The molecule has 0 aromatic carbocycles. The lowest BCUT2D eigenvalue weighted by Crippen LogP contribution is -2.46. The van der Waals surface area contributed by atoms with Crippen molar-refractivity contribution in [2.24, 2.45) is 0 Å². The Morgan fingerprint density at radius 3 is 2.52 bits per heavy atom. The predicted octanol–water partition coefficient (Wildman–Crippen LogP) is 1.66. The molecular formula is C20H25N5O3S. The first-order valence-corrected chi connectivity index (χ1v) is 10.3. The first-order valence-electron chi connectivity index (χ1n) is 9.43. The number of carbonyl (C=O) groups excluding carboxylic acids is 3. The van der Waals surface area contributed by atoms with Crippen LogP contribution in [-0.2, 0) is 16.1 Å². The zero-order chi connectivity index (χ0) is 21.0. The first kappa shape index (κ1) is 20.9. The molecule has 0 bridgehead atoms. The number of hydrogen-bond donors (Lipinski definition) is 2. The maximum atomic E-state index is 11.7. The summed E-state index contributed by atoms with van der Waals surface area (Å²) >= 11 is 1.43. The van der Waals surface area contributed by atoms with E-state index in [1.807, 2.05) is 24.4 Å². The third-order valence-electron chi connectivity index (χ3n) is 4.85. The van der Waals surface area contributed by atoms with Crippen LogP contribution in [0.4, 0.5) is 10.7 Å². The number of aromatic nitrogens is 1. The summed E-state index contributed by atoms with van der Waals surface area (Å²) in [5.74, 6) is -1.26. The molecule has 2 amide bonds. The van der Waals surface area contributed by atoms with Crippen LogP contribution in [0.2, 0.25) is 0 Å². The molecule has 1 aliphatic rings. The molecule has 0 atom stereocenters. The predicted molar refractivity (Wildman–Crippen MR) is 113 cm³/mol. The highest BCUT2D eigenvalue weighted by molar-refractivity contribution is 7.14. The number of piperazine rings is 1. The second-order valence-corrected chi connectivity index (χ2v) is 7.88. The molecule has 0 radical (unpaired) electrons. The van der Waals surface area contributed by atoms with Gasteiger partial charge in [-0.05, 0) is 36.1 Å². The average molecular weight is 416 g/mol. The fraction of sp³-hybridized carbons (Fsp3) is 0.400. The lowest BCUT2D eigenvalue weighted by atomic mass is 10.2. The van der Waals surface area contributed by atoms with E-state index < -0.39 is 11.7 Å². The van der Waals surface area contributed by atoms with Crippen LogP contribution in [0.5, 0.6) is 0 Å². The lowest BCUT2D eigenvalue weighted by Gasteiger charge is -2.36. The zero-order valence-electron chi connectivity index (χ0n) is 16.8. The van der Waals surface area contributed by atoms with Gasteiger partial charge in [-0.2, -0.15) is 0 Å². The molecule has 154 valence electrons. The molecule has 0 unspecified atom stereocenters. The molecule has 0 spiro atoms. The molecule has 0 saturated carbocycles. The van der Waals surface area contributed by atoms with Crippen molar-refractivity contribution in [2.45, 2.75) is 20.4 Å². The van der Waals surface area contributed by atoms with E-state index in [0.717, 1.165) is 49.7 Å². The van der Waals surface area contributed by atoms with Gasteiger partial charge in [-0.3, -0.25) is 19.3 Å². The van der Waals surface area contributed by atoms with Crippen molar-refractivity contribution < 1.29 is 14.4 Å². The number of rotatable bonds is 6. The molecule has 3 rings (SSSR count). The van der Waals surface area contributed by atoms with E-state index in [1.165, 1.54) is 18.3 Å². The Kier molecular flexibility index (Phi) is 6.60. The Hall–Kier alpha value is -2.78. The average Bonchev–Trinajstić information content (AvgIpc) is 3.14. The number of nitrogens with zero attached hydrogens (tertiary/aromatic N) is 3. The van der Waals surface area contributed by atoms with Crippen LogP contribution in [0.25, 0.3) is 0 Å². The molecule has 2 N–H and O–H groups in total. The van der Waals surface area contributed by atoms with Crippen LogP contribution in [0, 0.1) is 6.92 Å². The van der Waals surface area contributed by atoms with E-state index in [1.54, 1.807) is 13.1 Å². The number of amides is 2. The summed E-state index contributed by atoms with van der Waals surface area (Å²) in [6.07, 6.45) is 0. The third-order valence-corrected chi connectivity index (χ3v) is 5.74. The number of carbonyl (C=O) groups is 3. The second-order valence-electron chi connectivity index (χ2n) is 6.97. The maximum absolute atomic E-state index is 11.7. The smallest absolute Gasteiger partial charge is 0.292 e. The van der Waals surface area contributed by atoms with Gasteiger partial charge in [0.15, 0.2) is 0 Å². The van der Waals surface area contributed by atoms with Gasteiger partial charge >= 0.3 is 0 Å². The van der Waals surface area contributed by atoms with E-state index in [9.17, 15) is 14.4 Å². The summed E-state index contributed by atoms with van der Waals surface area (Å²) in [5.41, 5.74) is 3.46. The highest BCUT2D eigenvalue weighted by atomic mass is 32.1. The SMILES string of the molecule is CNC(=O)c1ccc(N2CCN(Cc3csc(NC(=O)C(C)=O)c3)CC2)c(C)n1. The van der Waals surface area contributed by atoms with E-state index in [-0.39, 0.29) is 5.91 Å². The van der Waals surface area contributed by atoms with Crippen molar-refractivity contribution in [3.63, 3.8) is 0 Å². The van der Waals surface area contributed by atoms with Crippen molar-refractivity contribution in [3.8, 4) is 0 Å². The van der Waals surface area contributed by atoms with Crippen molar-refractivity contribution in [1.82, 2.24) is 15.2 Å². The molecule has 29 heavy (non-hydrogen) atoms. The molecule has 1 saturated heterocycles. The minimum atomic E-state index is -0.585. The Morgan fingerprint density at radius 1 is 1.17 bits per heavy atom. The van der Waals surface area contributed by atoms with Gasteiger partial charge in [-0.25, -0.2) is 4.98 Å². The monoisotopic (exact) mass is 415 g/mol. The number of anilines is 2. The van der Waals surface area contributed by atoms with Crippen LogP contribution in [0.3, 0.4) is 0 Å². The largest absolute Gasteiger partial charge is 0.368 e. The van der Waals surface area contributed by atoms with E-state index in [2.05, 4.69) is 25.4 Å². The van der Waals surface area contributed by atoms with Crippen LogP contribution >= 0.6 is 11.3 Å². The van der Waals surface area contributed by atoms with Gasteiger partial charge in [-0.1, -0.05) is 0 Å². The Morgan fingerprint density at radius 2 is 1.90 bits per heavy atom. The molecule has 1 fully saturated rings. The summed E-state index contributed by atoms with van der Waals surface area (Å²) in [4.78, 5) is 43.4. The second kappa shape index (κ2) is 9.15. The number of hydrogen-bond acceptors (Lipinski definition) is 7. The Labute approximate surface area is 173 Å². The maximum Gasteiger partial charge on any atom is 0.292 e. The van der Waals surface area contributed by atoms with Crippen molar-refractivity contribution in [1.29, 1.82) is 0 Å². The lowest BCUT2D eigenvalue weighted by molar-refractivity contribution is -0.133. The highest BCUT2D eigenvalue weighted by Crippen LogP contribution is 2.24. The summed E-state index contributed by atoms with van der Waals surface area (Å²) in [6.45, 7) is 7.54. The summed E-state index contributed by atoms with van der Waals surface area (Å²) in [6, 6.07) is 5.64. The third kappa shape index (κ3) is 5.18. The molecule has 2 aromatic rings. The molecule has 9 heteroatoms. The number of thiophene rings is 1. The Bertz CT molecular complexity index is 919. The molecule has 0 aliphatic carbocycles. The molecule has 3 heterocycles. The van der Waals surface area contributed by atoms with E-state index >= 15 is 0 Å². The number of ketones is 1.